The van der Waals surface area contributed by atoms with Crippen LogP contribution in [-0.4, -0.2) is 89.9 Å². The van der Waals surface area contributed by atoms with E-state index in [4.69, 9.17) is 10.5 Å². The van der Waals surface area contributed by atoms with Crippen molar-refractivity contribution in [3.8, 4) is 17.0 Å². The number of fused-ring (bicyclic) bond motifs is 2. The van der Waals surface area contributed by atoms with Crippen molar-refractivity contribution in [2.75, 3.05) is 54.9 Å². The zero-order valence-electron chi connectivity index (χ0n) is 18.8. The number of aromatic nitrogens is 3. The van der Waals surface area contributed by atoms with E-state index in [-0.39, 0.29) is 30.5 Å². The number of hydrogen-bond acceptors (Lipinski definition) is 9. The van der Waals surface area contributed by atoms with Crippen LogP contribution in [0.5, 0.6) is 5.75 Å². The minimum Gasteiger partial charge on any atom is -0.431 e. The lowest BCUT2D eigenvalue weighted by atomic mass is 10.1. The number of nitrogens with zero attached hydrogens (tertiary/aromatic N) is 6. The molecule has 4 aliphatic heterocycles. The lowest BCUT2D eigenvalue weighted by Crippen LogP contribution is -2.62. The minimum atomic E-state index is -3.07. The molecule has 4 aliphatic rings. The Balaban J connectivity index is 1.29. The predicted octanol–water partition coefficient (Wildman–Crippen LogP) is 2.23. The molecule has 9 nitrogen and oxygen atoms in total. The van der Waals surface area contributed by atoms with Gasteiger partial charge in [-0.15, -0.1) is 0 Å². The number of anilines is 3. The molecule has 0 aromatic carbocycles. The number of likely N-dealkylation sites (tertiary alicyclic amines) is 1. The van der Waals surface area contributed by atoms with E-state index in [1.807, 2.05) is 0 Å². The number of morpholine rings is 1. The van der Waals surface area contributed by atoms with Gasteiger partial charge >= 0.3 is 6.61 Å². The topological polar surface area (TPSA) is 92.9 Å². The lowest BCUT2D eigenvalue weighted by Gasteiger charge is -2.47. The monoisotopic (exact) mass is 495 g/mol. The highest BCUT2D eigenvalue weighted by atomic mass is 19.3. The van der Waals surface area contributed by atoms with Gasteiger partial charge in [-0.3, -0.25) is 4.90 Å². The predicted molar refractivity (Wildman–Crippen MR) is 119 cm³/mol. The highest BCUT2D eigenvalue weighted by Gasteiger charge is 2.46. The molecule has 2 aromatic heterocycles. The first-order valence-electron chi connectivity index (χ1n) is 11.6. The standard InChI is InChI=1S/C22H25F4N7O2/c23-20(24)35-17-3-12(6-28-19(17)27)16-5-18(30-21(29-16)31-2-1-22(25,26)11-31)32-7-14(8-32)33-9-15-4-13(33)10-34-15/h3,5-6,13-15,20H,1-2,4,7-11H2,(H2,27,28)/t13-,15-/m0/s1. The fourth-order valence-electron chi connectivity index (χ4n) is 5.29. The maximum atomic E-state index is 13.9. The van der Waals surface area contributed by atoms with Gasteiger partial charge in [0.15, 0.2) is 11.6 Å². The molecule has 35 heavy (non-hydrogen) atoms. The Morgan fingerprint density at radius 1 is 1.11 bits per heavy atom. The highest BCUT2D eigenvalue weighted by Crippen LogP contribution is 2.37. The molecule has 4 fully saturated rings. The summed E-state index contributed by atoms with van der Waals surface area (Å²) in [5.74, 6) is -2.52. The van der Waals surface area contributed by atoms with Crippen LogP contribution in [0.4, 0.5) is 35.1 Å². The van der Waals surface area contributed by atoms with Gasteiger partial charge in [0.2, 0.25) is 5.95 Å². The maximum Gasteiger partial charge on any atom is 0.387 e. The number of hydrogen-bond donors (Lipinski definition) is 1. The van der Waals surface area contributed by atoms with Crippen LogP contribution in [-0.2, 0) is 4.74 Å². The van der Waals surface area contributed by atoms with Crippen molar-refractivity contribution in [2.24, 2.45) is 0 Å². The van der Waals surface area contributed by atoms with Gasteiger partial charge in [0.1, 0.15) is 5.82 Å². The molecular formula is C22H25F4N7O2. The third kappa shape index (κ3) is 4.31. The van der Waals surface area contributed by atoms with Gasteiger partial charge in [0, 0.05) is 62.5 Å². The van der Waals surface area contributed by atoms with Crippen LogP contribution < -0.4 is 20.3 Å². The minimum absolute atomic E-state index is 0.120. The van der Waals surface area contributed by atoms with Crippen molar-refractivity contribution in [1.82, 2.24) is 19.9 Å². The summed E-state index contributed by atoms with van der Waals surface area (Å²) >= 11 is 0. The van der Waals surface area contributed by atoms with Gasteiger partial charge in [-0.05, 0) is 12.5 Å². The number of halogens is 4. The van der Waals surface area contributed by atoms with E-state index < -0.39 is 19.1 Å². The number of nitrogens with two attached hydrogens (primary N) is 1. The van der Waals surface area contributed by atoms with Crippen molar-refractivity contribution in [3.05, 3.63) is 18.3 Å². The molecule has 188 valence electrons. The molecule has 6 heterocycles. The Hall–Kier alpha value is -2.93. The van der Waals surface area contributed by atoms with Crippen molar-refractivity contribution in [3.63, 3.8) is 0 Å². The second-order valence-electron chi connectivity index (χ2n) is 9.53. The SMILES string of the molecule is Nc1ncc(-c2cc(N3CC(N4C[C@@H]5C[C@H]4CO5)C3)nc(N3CCC(F)(F)C3)n2)cc1OC(F)F. The molecule has 0 radical (unpaired) electrons. The number of nitrogen functional groups attached to an aromatic ring is 1. The molecule has 2 N–H and O–H groups in total. The van der Waals surface area contributed by atoms with Crippen LogP contribution in [0.15, 0.2) is 18.3 Å². The third-order valence-corrected chi connectivity index (χ3v) is 7.14. The average molecular weight is 495 g/mol. The Bertz CT molecular complexity index is 1120. The largest absolute Gasteiger partial charge is 0.431 e. The Morgan fingerprint density at radius 2 is 1.94 bits per heavy atom. The normalized spacial score (nSPS) is 26.1. The number of alkyl halides is 4. The Morgan fingerprint density at radius 3 is 2.60 bits per heavy atom. The summed E-state index contributed by atoms with van der Waals surface area (Å²) < 4.78 is 63.6. The third-order valence-electron chi connectivity index (χ3n) is 7.14. The van der Waals surface area contributed by atoms with Crippen molar-refractivity contribution >= 4 is 17.6 Å². The van der Waals surface area contributed by atoms with E-state index in [1.54, 1.807) is 6.07 Å². The molecular weight excluding hydrogens is 470 g/mol. The first-order valence-corrected chi connectivity index (χ1v) is 11.6. The van der Waals surface area contributed by atoms with E-state index >= 15 is 0 Å². The highest BCUT2D eigenvalue weighted by molar-refractivity contribution is 5.68. The molecule has 0 saturated carbocycles. The van der Waals surface area contributed by atoms with E-state index in [0.717, 1.165) is 32.7 Å². The smallest absolute Gasteiger partial charge is 0.387 e. The Kier molecular flexibility index (Phi) is 5.36. The molecule has 2 aromatic rings. The number of rotatable bonds is 6. The van der Waals surface area contributed by atoms with Crippen molar-refractivity contribution < 1.29 is 27.0 Å². The molecule has 0 unspecified atom stereocenters. The van der Waals surface area contributed by atoms with Crippen LogP contribution in [0, 0.1) is 0 Å². The molecule has 6 rings (SSSR count). The molecule has 0 amide bonds. The number of ether oxygens (including phenoxy) is 2. The molecule has 13 heteroatoms. The van der Waals surface area contributed by atoms with Gasteiger partial charge in [-0.2, -0.15) is 13.8 Å². The second kappa shape index (κ2) is 8.33. The fraction of sp³-hybridized carbons (Fsp3) is 0.591. The van der Waals surface area contributed by atoms with Gasteiger partial charge in [-0.1, -0.05) is 0 Å². The van der Waals surface area contributed by atoms with Crippen LogP contribution in [0.1, 0.15) is 12.8 Å². The summed E-state index contributed by atoms with van der Waals surface area (Å²) in [5, 5.41) is 0. The summed E-state index contributed by atoms with van der Waals surface area (Å²) in [4.78, 5) is 19.0. The molecule has 4 saturated heterocycles. The summed E-state index contributed by atoms with van der Waals surface area (Å²) in [7, 11) is 0. The van der Waals surface area contributed by atoms with Crippen LogP contribution >= 0.6 is 0 Å². The second-order valence-corrected chi connectivity index (χ2v) is 9.53. The van der Waals surface area contributed by atoms with Crippen molar-refractivity contribution in [1.29, 1.82) is 0 Å². The van der Waals surface area contributed by atoms with E-state index in [1.165, 1.54) is 17.2 Å². The summed E-state index contributed by atoms with van der Waals surface area (Å²) in [6, 6.07) is 3.86. The van der Waals surface area contributed by atoms with E-state index in [2.05, 4.69) is 29.5 Å². The van der Waals surface area contributed by atoms with Crippen molar-refractivity contribution in [2.45, 2.75) is 43.6 Å². The van der Waals surface area contributed by atoms with Gasteiger partial charge in [0.05, 0.1) is 24.9 Å². The van der Waals surface area contributed by atoms with Crippen LogP contribution in [0.2, 0.25) is 0 Å². The summed E-state index contributed by atoms with van der Waals surface area (Å²) in [6.45, 7) is -0.244. The quantitative estimate of drug-likeness (QED) is 0.606. The molecule has 2 bridgehead atoms. The zero-order valence-corrected chi connectivity index (χ0v) is 18.8. The van der Waals surface area contributed by atoms with Gasteiger partial charge < -0.3 is 25.0 Å². The summed E-state index contributed by atoms with van der Waals surface area (Å²) in [6.07, 6.45) is 2.49. The fourth-order valence-corrected chi connectivity index (χ4v) is 5.29. The van der Waals surface area contributed by atoms with Gasteiger partial charge in [0.25, 0.3) is 5.92 Å². The number of pyridine rings is 1. The van der Waals surface area contributed by atoms with Crippen LogP contribution in [0.3, 0.4) is 0 Å². The molecule has 0 aliphatic carbocycles. The van der Waals surface area contributed by atoms with E-state index in [0.29, 0.717) is 35.3 Å². The Labute approximate surface area is 198 Å². The molecule has 2 atom stereocenters. The van der Waals surface area contributed by atoms with Gasteiger partial charge in [-0.25, -0.2) is 18.7 Å². The first kappa shape index (κ1) is 22.5. The lowest BCUT2D eigenvalue weighted by molar-refractivity contribution is -0.0494. The molecule has 0 spiro atoms. The van der Waals surface area contributed by atoms with E-state index in [9.17, 15) is 17.6 Å². The van der Waals surface area contributed by atoms with Crippen LogP contribution in [0.25, 0.3) is 11.3 Å². The first-order chi connectivity index (χ1) is 16.7. The average Bonchev–Trinajstić information content (AvgIpc) is 3.49. The summed E-state index contributed by atoms with van der Waals surface area (Å²) in [5.41, 5.74) is 6.41. The maximum absolute atomic E-state index is 13.9. The zero-order chi connectivity index (χ0) is 24.3.